The Morgan fingerprint density at radius 1 is 1.42 bits per heavy atom. The van der Waals surface area contributed by atoms with Crippen LogP contribution in [0.2, 0.25) is 5.02 Å². The monoisotopic (exact) mass is 279 g/mol. The zero-order valence-electron chi connectivity index (χ0n) is 9.86. The number of carbonyl (C=O) groups excluding carboxylic acids is 1. The van der Waals surface area contributed by atoms with Gasteiger partial charge in [0.1, 0.15) is 5.82 Å². The van der Waals surface area contributed by atoms with Gasteiger partial charge in [0.05, 0.1) is 24.0 Å². The van der Waals surface area contributed by atoms with Crippen LogP contribution in [-0.2, 0) is 11.2 Å². The molecule has 6 heteroatoms. The quantitative estimate of drug-likeness (QED) is 0.907. The molecule has 0 fully saturated rings. The Kier molecular flexibility index (Phi) is 3.97. The summed E-state index contributed by atoms with van der Waals surface area (Å²) in [6, 6.07) is 5.85. The SMILES string of the molecule is Nc1cnccc1NC(=O)Cc1c(F)cccc1Cl. The molecule has 0 bridgehead atoms. The highest BCUT2D eigenvalue weighted by atomic mass is 35.5. The summed E-state index contributed by atoms with van der Waals surface area (Å²) in [5, 5.41) is 2.80. The number of rotatable bonds is 3. The molecule has 19 heavy (non-hydrogen) atoms. The first-order valence-electron chi connectivity index (χ1n) is 5.50. The van der Waals surface area contributed by atoms with Gasteiger partial charge in [0.2, 0.25) is 5.91 Å². The number of hydrogen-bond donors (Lipinski definition) is 2. The maximum absolute atomic E-state index is 13.5. The van der Waals surface area contributed by atoms with Gasteiger partial charge in [-0.3, -0.25) is 9.78 Å². The molecule has 3 N–H and O–H groups in total. The molecule has 0 aliphatic heterocycles. The number of anilines is 2. The van der Waals surface area contributed by atoms with E-state index in [1.165, 1.54) is 30.6 Å². The van der Waals surface area contributed by atoms with Crippen LogP contribution < -0.4 is 11.1 Å². The number of aromatic nitrogens is 1. The van der Waals surface area contributed by atoms with Crippen molar-refractivity contribution in [3.8, 4) is 0 Å². The number of amides is 1. The van der Waals surface area contributed by atoms with Crippen LogP contribution in [0.25, 0.3) is 0 Å². The largest absolute Gasteiger partial charge is 0.396 e. The van der Waals surface area contributed by atoms with Crippen LogP contribution in [0.4, 0.5) is 15.8 Å². The van der Waals surface area contributed by atoms with Crippen LogP contribution >= 0.6 is 11.6 Å². The molecule has 1 aromatic heterocycles. The van der Waals surface area contributed by atoms with E-state index in [-0.39, 0.29) is 17.0 Å². The highest BCUT2D eigenvalue weighted by molar-refractivity contribution is 6.31. The van der Waals surface area contributed by atoms with Crippen molar-refractivity contribution in [3.05, 3.63) is 53.1 Å². The summed E-state index contributed by atoms with van der Waals surface area (Å²) < 4.78 is 13.5. The Morgan fingerprint density at radius 3 is 2.89 bits per heavy atom. The second kappa shape index (κ2) is 5.67. The smallest absolute Gasteiger partial charge is 0.229 e. The first-order valence-corrected chi connectivity index (χ1v) is 5.88. The third-order valence-corrected chi connectivity index (χ3v) is 2.88. The van der Waals surface area contributed by atoms with Crippen molar-refractivity contribution in [1.82, 2.24) is 4.98 Å². The minimum absolute atomic E-state index is 0.159. The van der Waals surface area contributed by atoms with Gasteiger partial charge in [-0.2, -0.15) is 0 Å². The van der Waals surface area contributed by atoms with Crippen LogP contribution in [-0.4, -0.2) is 10.9 Å². The fraction of sp³-hybridized carbons (Fsp3) is 0.0769. The average Bonchev–Trinajstić information content (AvgIpc) is 2.37. The molecule has 0 spiro atoms. The summed E-state index contributed by atoms with van der Waals surface area (Å²) in [6.07, 6.45) is 2.76. The summed E-state index contributed by atoms with van der Waals surface area (Å²) in [6.45, 7) is 0. The van der Waals surface area contributed by atoms with Gasteiger partial charge >= 0.3 is 0 Å². The fourth-order valence-electron chi connectivity index (χ4n) is 1.58. The zero-order chi connectivity index (χ0) is 13.8. The van der Waals surface area contributed by atoms with Gasteiger partial charge in [-0.15, -0.1) is 0 Å². The molecular weight excluding hydrogens is 269 g/mol. The van der Waals surface area contributed by atoms with Crippen molar-refractivity contribution in [2.45, 2.75) is 6.42 Å². The van der Waals surface area contributed by atoms with Crippen molar-refractivity contribution < 1.29 is 9.18 Å². The van der Waals surface area contributed by atoms with Gasteiger partial charge in [0.15, 0.2) is 0 Å². The Bertz CT molecular complexity index is 598. The van der Waals surface area contributed by atoms with Gasteiger partial charge in [0.25, 0.3) is 0 Å². The molecule has 98 valence electrons. The molecule has 0 atom stereocenters. The molecule has 1 amide bonds. The summed E-state index contributed by atoms with van der Waals surface area (Å²) in [7, 11) is 0. The molecule has 1 aromatic carbocycles. The first-order chi connectivity index (χ1) is 9.08. The van der Waals surface area contributed by atoms with Gasteiger partial charge in [-0.05, 0) is 18.2 Å². The molecule has 0 aliphatic carbocycles. The predicted molar refractivity (Wildman–Crippen MR) is 72.4 cm³/mol. The van der Waals surface area contributed by atoms with E-state index in [0.717, 1.165) is 0 Å². The summed E-state index contributed by atoms with van der Waals surface area (Å²) in [5.74, 6) is -0.907. The van der Waals surface area contributed by atoms with Crippen molar-refractivity contribution in [2.75, 3.05) is 11.1 Å². The third-order valence-electron chi connectivity index (χ3n) is 2.53. The van der Waals surface area contributed by atoms with Crippen LogP contribution in [0.5, 0.6) is 0 Å². The number of nitrogen functional groups attached to an aromatic ring is 1. The Labute approximate surface area is 114 Å². The summed E-state index contributed by atoms with van der Waals surface area (Å²) >= 11 is 5.85. The minimum Gasteiger partial charge on any atom is -0.396 e. The fourth-order valence-corrected chi connectivity index (χ4v) is 1.81. The highest BCUT2D eigenvalue weighted by Gasteiger charge is 2.12. The minimum atomic E-state index is -0.509. The Balaban J connectivity index is 2.12. The zero-order valence-corrected chi connectivity index (χ0v) is 10.6. The number of halogens is 2. The van der Waals surface area contributed by atoms with E-state index in [1.807, 2.05) is 0 Å². The van der Waals surface area contributed by atoms with E-state index in [4.69, 9.17) is 17.3 Å². The van der Waals surface area contributed by atoms with Crippen LogP contribution in [0.3, 0.4) is 0 Å². The van der Waals surface area contributed by atoms with Crippen molar-refractivity contribution in [3.63, 3.8) is 0 Å². The van der Waals surface area contributed by atoms with Crippen LogP contribution in [0, 0.1) is 5.82 Å². The van der Waals surface area contributed by atoms with E-state index in [0.29, 0.717) is 11.4 Å². The normalized spacial score (nSPS) is 10.2. The second-order valence-electron chi connectivity index (χ2n) is 3.89. The lowest BCUT2D eigenvalue weighted by molar-refractivity contribution is -0.115. The topological polar surface area (TPSA) is 68.0 Å². The number of benzene rings is 1. The number of nitrogens with two attached hydrogens (primary N) is 1. The number of hydrogen-bond acceptors (Lipinski definition) is 3. The van der Waals surface area contributed by atoms with E-state index in [1.54, 1.807) is 6.07 Å². The standard InChI is InChI=1S/C13H11ClFN3O/c14-9-2-1-3-10(15)8(9)6-13(19)18-12-4-5-17-7-11(12)16/h1-5,7H,6,16H2,(H,17,18,19). The second-order valence-corrected chi connectivity index (χ2v) is 4.30. The lowest BCUT2D eigenvalue weighted by Crippen LogP contribution is -2.16. The molecule has 1 heterocycles. The molecule has 0 saturated heterocycles. The highest BCUT2D eigenvalue weighted by Crippen LogP contribution is 2.21. The number of carbonyl (C=O) groups is 1. The van der Waals surface area contributed by atoms with Gasteiger partial charge in [-0.25, -0.2) is 4.39 Å². The summed E-state index contributed by atoms with van der Waals surface area (Å²) in [5.41, 5.74) is 6.59. The first kappa shape index (κ1) is 13.3. The third kappa shape index (κ3) is 3.20. The van der Waals surface area contributed by atoms with Gasteiger partial charge in [0, 0.05) is 16.8 Å². The Hall–Kier alpha value is -2.14. The number of pyridine rings is 1. The van der Waals surface area contributed by atoms with Gasteiger partial charge in [-0.1, -0.05) is 17.7 Å². The number of nitrogens with zero attached hydrogens (tertiary/aromatic N) is 1. The molecule has 0 saturated carbocycles. The van der Waals surface area contributed by atoms with E-state index < -0.39 is 11.7 Å². The molecular formula is C13H11ClFN3O. The van der Waals surface area contributed by atoms with Crippen LogP contribution in [0.15, 0.2) is 36.7 Å². The van der Waals surface area contributed by atoms with Crippen molar-refractivity contribution in [2.24, 2.45) is 0 Å². The van der Waals surface area contributed by atoms with E-state index in [2.05, 4.69) is 10.3 Å². The molecule has 2 rings (SSSR count). The lowest BCUT2D eigenvalue weighted by Gasteiger charge is -2.09. The molecule has 2 aromatic rings. The summed E-state index contributed by atoms with van der Waals surface area (Å²) in [4.78, 5) is 15.6. The Morgan fingerprint density at radius 2 is 2.21 bits per heavy atom. The lowest BCUT2D eigenvalue weighted by atomic mass is 10.1. The molecule has 4 nitrogen and oxygen atoms in total. The molecule has 0 unspecified atom stereocenters. The number of nitrogens with one attached hydrogen (secondary N) is 1. The van der Waals surface area contributed by atoms with E-state index >= 15 is 0 Å². The van der Waals surface area contributed by atoms with Crippen LogP contribution in [0.1, 0.15) is 5.56 Å². The maximum atomic E-state index is 13.5. The molecule has 0 aliphatic rings. The van der Waals surface area contributed by atoms with E-state index in [9.17, 15) is 9.18 Å². The predicted octanol–water partition coefficient (Wildman–Crippen LogP) is 2.64. The maximum Gasteiger partial charge on any atom is 0.229 e. The molecule has 0 radical (unpaired) electrons. The van der Waals surface area contributed by atoms with Crippen molar-refractivity contribution >= 4 is 28.9 Å². The van der Waals surface area contributed by atoms with Crippen molar-refractivity contribution in [1.29, 1.82) is 0 Å². The average molecular weight is 280 g/mol. The van der Waals surface area contributed by atoms with Gasteiger partial charge < -0.3 is 11.1 Å².